The monoisotopic (exact) mass is 310 g/mol. The number of unbranched alkanes of at least 4 members (excludes halogenated alkanes) is 5. The summed E-state index contributed by atoms with van der Waals surface area (Å²) in [4.78, 5) is 22.9. The van der Waals surface area contributed by atoms with Gasteiger partial charge in [-0.05, 0) is 51.4 Å². The molecule has 0 saturated carbocycles. The number of allylic oxidation sites excluding steroid dienone is 2. The van der Waals surface area contributed by atoms with E-state index in [0.29, 0.717) is 38.9 Å². The largest absolute Gasteiger partial charge is 0.466 e. The molecule has 0 unspecified atom stereocenters. The summed E-state index contributed by atoms with van der Waals surface area (Å²) >= 11 is 0. The fourth-order valence-electron chi connectivity index (χ4n) is 1.84. The van der Waals surface area contributed by atoms with E-state index < -0.39 is 0 Å². The Bertz CT molecular complexity index is 291. The minimum absolute atomic E-state index is 0.184. The summed E-state index contributed by atoms with van der Waals surface area (Å²) in [5.74, 6) is -0.368. The van der Waals surface area contributed by atoms with Crippen molar-refractivity contribution in [2.45, 2.75) is 64.2 Å². The SMILES string of the molecule is C=CCCCCOC(=O)CCCCC(=O)OCCCCC=C. The number of esters is 2. The lowest BCUT2D eigenvalue weighted by molar-refractivity contribution is -0.146. The van der Waals surface area contributed by atoms with Gasteiger partial charge in [0.15, 0.2) is 0 Å². The topological polar surface area (TPSA) is 52.6 Å². The third kappa shape index (κ3) is 14.8. The van der Waals surface area contributed by atoms with Crippen LogP contribution in [0.2, 0.25) is 0 Å². The summed E-state index contributed by atoms with van der Waals surface area (Å²) in [7, 11) is 0. The molecule has 0 bridgehead atoms. The fraction of sp³-hybridized carbons (Fsp3) is 0.667. The smallest absolute Gasteiger partial charge is 0.305 e. The van der Waals surface area contributed by atoms with E-state index in [1.807, 2.05) is 12.2 Å². The predicted octanol–water partition coefficient (Wildman–Crippen LogP) is 4.35. The van der Waals surface area contributed by atoms with Gasteiger partial charge >= 0.3 is 11.9 Å². The molecule has 0 heterocycles. The zero-order chi connectivity index (χ0) is 16.5. The molecule has 126 valence electrons. The highest BCUT2D eigenvalue weighted by molar-refractivity contribution is 5.70. The third-order valence-corrected chi connectivity index (χ3v) is 3.14. The van der Waals surface area contributed by atoms with Gasteiger partial charge in [0, 0.05) is 12.8 Å². The molecule has 0 amide bonds. The summed E-state index contributed by atoms with van der Waals surface area (Å²) in [5, 5.41) is 0. The number of hydrogen-bond acceptors (Lipinski definition) is 4. The van der Waals surface area contributed by atoms with Crippen LogP contribution in [-0.2, 0) is 19.1 Å². The zero-order valence-corrected chi connectivity index (χ0v) is 13.7. The van der Waals surface area contributed by atoms with Crippen molar-refractivity contribution >= 4 is 11.9 Å². The first-order valence-corrected chi connectivity index (χ1v) is 8.23. The first kappa shape index (κ1) is 20.4. The van der Waals surface area contributed by atoms with Crippen molar-refractivity contribution in [2.24, 2.45) is 0 Å². The van der Waals surface area contributed by atoms with Crippen LogP contribution in [-0.4, -0.2) is 25.2 Å². The van der Waals surface area contributed by atoms with Crippen molar-refractivity contribution in [1.29, 1.82) is 0 Å². The minimum atomic E-state index is -0.184. The maximum Gasteiger partial charge on any atom is 0.305 e. The first-order chi connectivity index (χ1) is 10.7. The summed E-state index contributed by atoms with van der Waals surface area (Å²) in [6.07, 6.45) is 11.4. The van der Waals surface area contributed by atoms with Crippen molar-refractivity contribution in [3.05, 3.63) is 25.3 Å². The maximum absolute atomic E-state index is 11.4. The van der Waals surface area contributed by atoms with E-state index in [1.165, 1.54) is 0 Å². The van der Waals surface area contributed by atoms with E-state index in [1.54, 1.807) is 0 Å². The molecule has 0 rings (SSSR count). The Morgan fingerprint density at radius 3 is 1.45 bits per heavy atom. The van der Waals surface area contributed by atoms with Gasteiger partial charge in [-0.1, -0.05) is 12.2 Å². The molecule has 4 heteroatoms. The van der Waals surface area contributed by atoms with Gasteiger partial charge in [0.05, 0.1) is 13.2 Å². The highest BCUT2D eigenvalue weighted by Crippen LogP contribution is 2.05. The highest BCUT2D eigenvalue weighted by Gasteiger charge is 2.06. The summed E-state index contributed by atoms with van der Waals surface area (Å²) in [6.45, 7) is 8.22. The second-order valence-electron chi connectivity index (χ2n) is 5.22. The molecular formula is C18H30O4. The van der Waals surface area contributed by atoms with Gasteiger partial charge in [-0.3, -0.25) is 9.59 Å². The second kappa shape index (κ2) is 15.8. The second-order valence-corrected chi connectivity index (χ2v) is 5.22. The van der Waals surface area contributed by atoms with Crippen LogP contribution in [0.25, 0.3) is 0 Å². The Kier molecular flexibility index (Phi) is 14.7. The van der Waals surface area contributed by atoms with Crippen LogP contribution < -0.4 is 0 Å². The molecule has 0 fully saturated rings. The Balaban J connectivity index is 3.35. The fourth-order valence-corrected chi connectivity index (χ4v) is 1.84. The van der Waals surface area contributed by atoms with E-state index in [2.05, 4.69) is 13.2 Å². The molecule has 22 heavy (non-hydrogen) atoms. The number of rotatable bonds is 15. The number of hydrogen-bond donors (Lipinski definition) is 0. The molecule has 0 atom stereocenters. The lowest BCUT2D eigenvalue weighted by Crippen LogP contribution is -2.08. The van der Waals surface area contributed by atoms with Crippen molar-refractivity contribution in [1.82, 2.24) is 0 Å². The Morgan fingerprint density at radius 1 is 0.682 bits per heavy atom. The van der Waals surface area contributed by atoms with Crippen molar-refractivity contribution in [2.75, 3.05) is 13.2 Å². The van der Waals surface area contributed by atoms with Crippen LogP contribution >= 0.6 is 0 Å². The molecule has 0 aliphatic rings. The van der Waals surface area contributed by atoms with E-state index in [0.717, 1.165) is 38.5 Å². The molecule has 4 nitrogen and oxygen atoms in total. The Hall–Kier alpha value is -1.58. The molecule has 0 saturated heterocycles. The van der Waals surface area contributed by atoms with Crippen molar-refractivity contribution in [3.63, 3.8) is 0 Å². The number of carbonyl (C=O) groups is 2. The average Bonchev–Trinajstić information content (AvgIpc) is 2.51. The quantitative estimate of drug-likeness (QED) is 0.256. The number of ether oxygens (including phenoxy) is 2. The van der Waals surface area contributed by atoms with Gasteiger partial charge < -0.3 is 9.47 Å². The molecule has 0 aliphatic carbocycles. The molecule has 0 N–H and O–H groups in total. The first-order valence-electron chi connectivity index (χ1n) is 8.23. The summed E-state index contributed by atoms with van der Waals surface area (Å²) in [5.41, 5.74) is 0. The summed E-state index contributed by atoms with van der Waals surface area (Å²) in [6, 6.07) is 0. The van der Waals surface area contributed by atoms with Gasteiger partial charge in [-0.2, -0.15) is 0 Å². The Morgan fingerprint density at radius 2 is 1.09 bits per heavy atom. The van der Waals surface area contributed by atoms with Crippen molar-refractivity contribution in [3.8, 4) is 0 Å². The molecule has 0 spiro atoms. The van der Waals surface area contributed by atoms with Gasteiger partial charge in [-0.25, -0.2) is 0 Å². The standard InChI is InChI=1S/C18H30O4/c1-3-5-7-11-15-21-17(19)13-9-10-14-18(20)22-16-12-8-6-4-2/h3-4H,1-2,5-16H2. The molecule has 0 aromatic rings. The zero-order valence-electron chi connectivity index (χ0n) is 13.7. The lowest BCUT2D eigenvalue weighted by atomic mass is 10.2. The third-order valence-electron chi connectivity index (χ3n) is 3.14. The van der Waals surface area contributed by atoms with E-state index >= 15 is 0 Å². The average molecular weight is 310 g/mol. The van der Waals surface area contributed by atoms with E-state index in [4.69, 9.17) is 9.47 Å². The lowest BCUT2D eigenvalue weighted by Gasteiger charge is -2.05. The van der Waals surface area contributed by atoms with Crippen LogP contribution in [0.1, 0.15) is 64.2 Å². The Labute approximate surface area is 134 Å². The summed E-state index contributed by atoms with van der Waals surface area (Å²) < 4.78 is 10.2. The maximum atomic E-state index is 11.4. The van der Waals surface area contributed by atoms with Gasteiger partial charge in [-0.15, -0.1) is 13.2 Å². The normalized spacial score (nSPS) is 10.0. The van der Waals surface area contributed by atoms with E-state index in [9.17, 15) is 9.59 Å². The van der Waals surface area contributed by atoms with Gasteiger partial charge in [0.25, 0.3) is 0 Å². The molecule has 0 aromatic carbocycles. The van der Waals surface area contributed by atoms with Gasteiger partial charge in [0.1, 0.15) is 0 Å². The highest BCUT2D eigenvalue weighted by atomic mass is 16.5. The van der Waals surface area contributed by atoms with Crippen LogP contribution in [0, 0.1) is 0 Å². The number of carbonyl (C=O) groups excluding carboxylic acids is 2. The van der Waals surface area contributed by atoms with Crippen LogP contribution in [0.3, 0.4) is 0 Å². The van der Waals surface area contributed by atoms with Crippen LogP contribution in [0.4, 0.5) is 0 Å². The van der Waals surface area contributed by atoms with Crippen molar-refractivity contribution < 1.29 is 19.1 Å². The molecule has 0 aliphatic heterocycles. The minimum Gasteiger partial charge on any atom is -0.466 e. The molecule has 0 aromatic heterocycles. The van der Waals surface area contributed by atoms with E-state index in [-0.39, 0.29) is 11.9 Å². The van der Waals surface area contributed by atoms with Crippen LogP contribution in [0.15, 0.2) is 25.3 Å². The predicted molar refractivity (Wildman–Crippen MR) is 88.5 cm³/mol. The van der Waals surface area contributed by atoms with Gasteiger partial charge in [0.2, 0.25) is 0 Å². The van der Waals surface area contributed by atoms with Crippen LogP contribution in [0.5, 0.6) is 0 Å². The molecule has 0 radical (unpaired) electrons. The molecular weight excluding hydrogens is 280 g/mol.